The van der Waals surface area contributed by atoms with Gasteiger partial charge >= 0.3 is 0 Å². The lowest BCUT2D eigenvalue weighted by molar-refractivity contribution is -0.118. The molecule has 1 N–H and O–H groups in total. The van der Waals surface area contributed by atoms with Crippen LogP contribution in [-0.4, -0.2) is 26.6 Å². The van der Waals surface area contributed by atoms with E-state index in [1.54, 1.807) is 11.3 Å². The summed E-state index contributed by atoms with van der Waals surface area (Å²) in [5, 5.41) is 5.07. The third-order valence-corrected chi connectivity index (χ3v) is 8.44. The number of hydrogen-bond acceptors (Lipinski definition) is 4. The first-order chi connectivity index (χ1) is 13.0. The topological polar surface area (TPSA) is 66.5 Å². The van der Waals surface area contributed by atoms with E-state index in [9.17, 15) is 13.2 Å². The second kappa shape index (κ2) is 6.95. The van der Waals surface area contributed by atoms with E-state index in [2.05, 4.69) is 5.32 Å². The molecule has 4 rings (SSSR count). The zero-order valence-corrected chi connectivity index (χ0v) is 17.0. The number of carbonyl (C=O) groups is 1. The predicted octanol–water partition coefficient (Wildman–Crippen LogP) is 3.91. The van der Waals surface area contributed by atoms with E-state index in [0.29, 0.717) is 13.0 Å². The number of fused-ring (bicyclic) bond motifs is 1. The molecule has 2 aromatic rings. The van der Waals surface area contributed by atoms with Crippen LogP contribution in [0.4, 0.5) is 11.4 Å². The highest BCUT2D eigenvalue weighted by atomic mass is 32.2. The van der Waals surface area contributed by atoms with Gasteiger partial charge in [-0.25, -0.2) is 8.42 Å². The Balaban J connectivity index is 1.56. The van der Waals surface area contributed by atoms with E-state index in [-0.39, 0.29) is 17.1 Å². The SMILES string of the molecule is CCCS(=O)(=O)N1CCCc2cc(NC(=O)C3(c4cccs4)CC3)ccc21. The van der Waals surface area contributed by atoms with Crippen molar-refractivity contribution in [3.63, 3.8) is 0 Å². The third kappa shape index (κ3) is 3.38. The monoisotopic (exact) mass is 404 g/mol. The fourth-order valence-electron chi connectivity index (χ4n) is 3.81. The molecule has 1 fully saturated rings. The zero-order valence-electron chi connectivity index (χ0n) is 15.4. The number of hydrogen-bond donors (Lipinski definition) is 1. The molecule has 5 nitrogen and oxygen atoms in total. The van der Waals surface area contributed by atoms with Crippen LogP contribution in [0.3, 0.4) is 0 Å². The Labute approximate surface area is 164 Å². The molecule has 0 atom stereocenters. The standard InChI is InChI=1S/C20H24N2O3S2/c1-2-13-27(24,25)22-11-3-5-15-14-16(7-8-17(15)22)21-19(23)20(9-10-20)18-6-4-12-26-18/h4,6-8,12,14H,2-3,5,9-11,13H2,1H3,(H,21,23). The number of carbonyl (C=O) groups excluding carboxylic acids is 1. The summed E-state index contributed by atoms with van der Waals surface area (Å²) in [6.07, 6.45) is 3.99. The Morgan fingerprint density at radius 2 is 2.11 bits per heavy atom. The van der Waals surface area contributed by atoms with Gasteiger partial charge in [0, 0.05) is 17.1 Å². The van der Waals surface area contributed by atoms with Crippen molar-refractivity contribution in [1.29, 1.82) is 0 Å². The Bertz CT molecular complexity index is 948. The van der Waals surface area contributed by atoms with Crippen LogP contribution in [0.2, 0.25) is 0 Å². The molecule has 7 heteroatoms. The molecule has 2 heterocycles. The van der Waals surface area contributed by atoms with Crippen molar-refractivity contribution in [2.24, 2.45) is 0 Å². The van der Waals surface area contributed by atoms with E-state index < -0.39 is 10.0 Å². The van der Waals surface area contributed by atoms with E-state index >= 15 is 0 Å². The molecule has 144 valence electrons. The first-order valence-electron chi connectivity index (χ1n) is 9.45. The lowest BCUT2D eigenvalue weighted by Crippen LogP contribution is -2.37. The van der Waals surface area contributed by atoms with Crippen molar-refractivity contribution in [2.45, 2.75) is 44.4 Å². The van der Waals surface area contributed by atoms with Crippen molar-refractivity contribution in [3.8, 4) is 0 Å². The van der Waals surface area contributed by atoms with Crippen molar-refractivity contribution in [2.75, 3.05) is 21.9 Å². The highest BCUT2D eigenvalue weighted by Crippen LogP contribution is 2.50. The molecule has 0 radical (unpaired) electrons. The van der Waals surface area contributed by atoms with E-state index in [4.69, 9.17) is 0 Å². The molecule has 1 aliphatic heterocycles. The van der Waals surface area contributed by atoms with Gasteiger partial charge in [-0.2, -0.15) is 0 Å². The lowest BCUT2D eigenvalue weighted by atomic mass is 10.0. The van der Waals surface area contributed by atoms with Crippen LogP contribution >= 0.6 is 11.3 Å². The first-order valence-corrected chi connectivity index (χ1v) is 11.9. The maximum absolute atomic E-state index is 12.9. The van der Waals surface area contributed by atoms with Crippen LogP contribution in [-0.2, 0) is 26.7 Å². The summed E-state index contributed by atoms with van der Waals surface area (Å²) < 4.78 is 26.6. The fourth-order valence-corrected chi connectivity index (χ4v) is 6.41. The van der Waals surface area contributed by atoms with Gasteiger partial charge in [-0.15, -0.1) is 11.3 Å². The summed E-state index contributed by atoms with van der Waals surface area (Å²) in [6, 6.07) is 9.60. The number of benzene rings is 1. The summed E-state index contributed by atoms with van der Waals surface area (Å²) in [5.41, 5.74) is 2.11. The molecule has 1 aromatic carbocycles. The average Bonchev–Trinajstić information content (AvgIpc) is 3.27. The molecule has 1 aliphatic carbocycles. The summed E-state index contributed by atoms with van der Waals surface area (Å²) in [7, 11) is -3.28. The summed E-state index contributed by atoms with van der Waals surface area (Å²) >= 11 is 1.63. The number of rotatable bonds is 6. The molecule has 0 saturated heterocycles. The fraction of sp³-hybridized carbons (Fsp3) is 0.450. The molecule has 0 spiro atoms. The molecular formula is C20H24N2O3S2. The smallest absolute Gasteiger partial charge is 0.235 e. The summed E-state index contributed by atoms with van der Waals surface area (Å²) in [5.74, 6) is 0.199. The number of nitrogens with zero attached hydrogens (tertiary/aromatic N) is 1. The van der Waals surface area contributed by atoms with Gasteiger partial charge in [0.25, 0.3) is 0 Å². The average molecular weight is 405 g/mol. The van der Waals surface area contributed by atoms with Gasteiger partial charge < -0.3 is 5.32 Å². The number of aryl methyl sites for hydroxylation is 1. The van der Waals surface area contributed by atoms with Gasteiger partial charge in [0.1, 0.15) is 0 Å². The normalized spacial score (nSPS) is 18.0. The van der Waals surface area contributed by atoms with Gasteiger partial charge in [0.05, 0.1) is 16.9 Å². The predicted molar refractivity (Wildman–Crippen MR) is 110 cm³/mol. The maximum Gasteiger partial charge on any atom is 0.235 e. The summed E-state index contributed by atoms with van der Waals surface area (Å²) in [6.45, 7) is 2.41. The van der Waals surface area contributed by atoms with Gasteiger partial charge in [0.2, 0.25) is 15.9 Å². The quantitative estimate of drug-likeness (QED) is 0.794. The molecule has 27 heavy (non-hydrogen) atoms. The highest BCUT2D eigenvalue weighted by molar-refractivity contribution is 7.92. The molecule has 1 amide bonds. The van der Waals surface area contributed by atoms with E-state index in [1.807, 2.05) is 42.6 Å². The number of anilines is 2. The first kappa shape index (κ1) is 18.5. The molecule has 1 aromatic heterocycles. The second-order valence-electron chi connectivity index (χ2n) is 7.35. The minimum absolute atomic E-state index is 0.0381. The Kier molecular flexibility index (Phi) is 4.76. The Hall–Kier alpha value is -1.86. The van der Waals surface area contributed by atoms with Crippen molar-refractivity contribution >= 4 is 38.6 Å². The van der Waals surface area contributed by atoms with Crippen LogP contribution in [0.15, 0.2) is 35.7 Å². The molecule has 0 unspecified atom stereocenters. The largest absolute Gasteiger partial charge is 0.325 e. The Morgan fingerprint density at radius 3 is 2.78 bits per heavy atom. The second-order valence-corrected chi connectivity index (χ2v) is 10.3. The van der Waals surface area contributed by atoms with Crippen LogP contribution in [0.1, 0.15) is 43.0 Å². The molecular weight excluding hydrogens is 380 g/mol. The lowest BCUT2D eigenvalue weighted by Gasteiger charge is -2.31. The number of thiophene rings is 1. The number of amides is 1. The van der Waals surface area contributed by atoms with Crippen molar-refractivity contribution < 1.29 is 13.2 Å². The zero-order chi connectivity index (χ0) is 19.1. The minimum Gasteiger partial charge on any atom is -0.325 e. The van der Waals surface area contributed by atoms with Gasteiger partial charge in [0.15, 0.2) is 0 Å². The van der Waals surface area contributed by atoms with E-state index in [1.165, 1.54) is 4.31 Å². The van der Waals surface area contributed by atoms with Gasteiger partial charge in [-0.3, -0.25) is 9.10 Å². The van der Waals surface area contributed by atoms with Crippen LogP contribution in [0, 0.1) is 0 Å². The molecule has 2 aliphatic rings. The van der Waals surface area contributed by atoms with Crippen LogP contribution < -0.4 is 9.62 Å². The third-order valence-electron chi connectivity index (χ3n) is 5.39. The Morgan fingerprint density at radius 1 is 1.30 bits per heavy atom. The number of sulfonamides is 1. The van der Waals surface area contributed by atoms with E-state index in [0.717, 1.165) is 47.5 Å². The summed E-state index contributed by atoms with van der Waals surface area (Å²) in [4.78, 5) is 14.0. The maximum atomic E-state index is 12.9. The van der Waals surface area contributed by atoms with Gasteiger partial charge in [-0.1, -0.05) is 13.0 Å². The van der Waals surface area contributed by atoms with Gasteiger partial charge in [-0.05, 0) is 67.3 Å². The molecule has 1 saturated carbocycles. The molecule has 0 bridgehead atoms. The minimum atomic E-state index is -3.28. The van der Waals surface area contributed by atoms with Crippen molar-refractivity contribution in [1.82, 2.24) is 0 Å². The number of nitrogens with one attached hydrogen (secondary N) is 1. The highest BCUT2D eigenvalue weighted by Gasteiger charge is 2.52. The van der Waals surface area contributed by atoms with Crippen LogP contribution in [0.25, 0.3) is 0 Å². The van der Waals surface area contributed by atoms with Crippen LogP contribution in [0.5, 0.6) is 0 Å². The van der Waals surface area contributed by atoms with Crippen molar-refractivity contribution in [3.05, 3.63) is 46.2 Å².